The number of carbonyl (C=O) groups is 2. The van der Waals surface area contributed by atoms with Gasteiger partial charge in [-0.3, -0.25) is 9.59 Å². The fourth-order valence-corrected chi connectivity index (χ4v) is 3.93. The van der Waals surface area contributed by atoms with Crippen LogP contribution in [-0.4, -0.2) is 22.6 Å². The van der Waals surface area contributed by atoms with Crippen molar-refractivity contribution in [3.63, 3.8) is 0 Å². The fraction of sp³-hybridized carbons (Fsp3) is 0.269. The Morgan fingerprint density at radius 1 is 1.00 bits per heavy atom. The highest BCUT2D eigenvalue weighted by Crippen LogP contribution is 2.30. The molecule has 0 unspecified atom stereocenters. The van der Waals surface area contributed by atoms with Crippen LogP contribution in [0.2, 0.25) is 0 Å². The van der Waals surface area contributed by atoms with Crippen molar-refractivity contribution in [2.24, 2.45) is 5.10 Å². The number of furan rings is 1. The van der Waals surface area contributed by atoms with Gasteiger partial charge in [0.15, 0.2) is 5.76 Å². The quantitative estimate of drug-likeness (QED) is 0.473. The third-order valence-electron chi connectivity index (χ3n) is 5.79. The number of phenols is 1. The molecular formula is C26H27N3O4. The number of carbonyl (C=O) groups excluding carboxylic acids is 2. The molecule has 4 rings (SSSR count). The summed E-state index contributed by atoms with van der Waals surface area (Å²) in [5.74, 6) is 0.779. The smallest absolute Gasteiger partial charge is 0.291 e. The second-order valence-corrected chi connectivity index (χ2v) is 8.49. The van der Waals surface area contributed by atoms with Crippen LogP contribution in [0.3, 0.4) is 0 Å². The van der Waals surface area contributed by atoms with Gasteiger partial charge in [-0.2, -0.15) is 5.10 Å². The van der Waals surface area contributed by atoms with Crippen molar-refractivity contribution >= 4 is 23.2 Å². The predicted octanol–water partition coefficient (Wildman–Crippen LogP) is 5.14. The lowest BCUT2D eigenvalue weighted by Crippen LogP contribution is -2.22. The molecule has 1 aliphatic carbocycles. The van der Waals surface area contributed by atoms with Crippen LogP contribution in [0.15, 0.2) is 58.0 Å². The van der Waals surface area contributed by atoms with Crippen molar-refractivity contribution in [3.05, 3.63) is 82.3 Å². The highest BCUT2D eigenvalue weighted by atomic mass is 16.4. The molecule has 170 valence electrons. The van der Waals surface area contributed by atoms with Gasteiger partial charge in [0, 0.05) is 28.8 Å². The monoisotopic (exact) mass is 445 g/mol. The first-order valence-electron chi connectivity index (χ1n) is 11.0. The molecule has 2 amide bonds. The van der Waals surface area contributed by atoms with Crippen LogP contribution in [0.25, 0.3) is 0 Å². The fourth-order valence-electron chi connectivity index (χ4n) is 3.93. The lowest BCUT2D eigenvalue weighted by atomic mass is 9.93. The summed E-state index contributed by atoms with van der Waals surface area (Å²) in [5, 5.41) is 16.6. The van der Waals surface area contributed by atoms with Crippen LogP contribution >= 0.6 is 0 Å². The van der Waals surface area contributed by atoms with Crippen LogP contribution in [0.1, 0.15) is 76.0 Å². The van der Waals surface area contributed by atoms with E-state index in [4.69, 9.17) is 4.42 Å². The molecule has 1 aromatic heterocycles. The first-order chi connectivity index (χ1) is 15.8. The number of aromatic hydroxyl groups is 1. The summed E-state index contributed by atoms with van der Waals surface area (Å²) in [6.07, 6.45) is 2.18. The Morgan fingerprint density at radius 3 is 2.36 bits per heavy atom. The van der Waals surface area contributed by atoms with Crippen LogP contribution in [0.4, 0.5) is 5.69 Å². The van der Waals surface area contributed by atoms with Gasteiger partial charge in [0.25, 0.3) is 11.8 Å². The van der Waals surface area contributed by atoms with Gasteiger partial charge in [0.05, 0.1) is 5.71 Å². The maximum atomic E-state index is 12.9. The van der Waals surface area contributed by atoms with E-state index in [2.05, 4.69) is 29.7 Å². The summed E-state index contributed by atoms with van der Waals surface area (Å²) in [6.45, 7) is 6.08. The molecule has 0 aliphatic heterocycles. The number of hydrogen-bond donors (Lipinski definition) is 3. The van der Waals surface area contributed by atoms with Gasteiger partial charge in [-0.15, -0.1) is 0 Å². The minimum atomic E-state index is -0.376. The Hall–Kier alpha value is -3.87. The number of fused-ring (bicyclic) bond motifs is 1. The highest BCUT2D eigenvalue weighted by molar-refractivity contribution is 6.09. The van der Waals surface area contributed by atoms with E-state index in [0.29, 0.717) is 47.0 Å². The molecule has 1 aliphatic rings. The molecule has 0 spiro atoms. The van der Waals surface area contributed by atoms with Gasteiger partial charge in [-0.1, -0.05) is 26.0 Å². The molecule has 33 heavy (non-hydrogen) atoms. The summed E-state index contributed by atoms with van der Waals surface area (Å²) >= 11 is 0. The minimum Gasteiger partial charge on any atom is -0.508 e. The molecule has 3 N–H and O–H groups in total. The van der Waals surface area contributed by atoms with E-state index in [0.717, 1.165) is 12.0 Å². The second kappa shape index (κ2) is 9.32. The number of amides is 2. The SMILES string of the molecule is Cc1c(C(=O)Nc2ccc(C(C)C)cc2)oc2c1/C(=N/NC(=O)c1ccc(O)cc1)CCC2. The zero-order chi connectivity index (χ0) is 23.5. The molecule has 0 fully saturated rings. The number of hydrogen-bond acceptors (Lipinski definition) is 5. The lowest BCUT2D eigenvalue weighted by molar-refractivity contribution is 0.0953. The molecule has 0 radical (unpaired) electrons. The number of nitrogens with zero attached hydrogens (tertiary/aromatic N) is 1. The summed E-state index contributed by atoms with van der Waals surface area (Å²) in [5.41, 5.74) is 7.04. The van der Waals surface area contributed by atoms with Crippen molar-refractivity contribution in [1.82, 2.24) is 5.43 Å². The topological polar surface area (TPSA) is 104 Å². The standard InChI is InChI=1S/C26H27N3O4/c1-15(2)17-7-11-19(12-8-17)27-26(32)24-16(3)23-21(5-4-6-22(23)33-24)28-29-25(31)18-9-13-20(30)14-10-18/h7-15,30H,4-6H2,1-3H3,(H,27,32)(H,29,31)/b28-21+. The zero-order valence-corrected chi connectivity index (χ0v) is 18.9. The average molecular weight is 446 g/mol. The Labute approximate surface area is 192 Å². The van der Waals surface area contributed by atoms with Crippen molar-refractivity contribution < 1.29 is 19.1 Å². The van der Waals surface area contributed by atoms with Gasteiger partial charge < -0.3 is 14.8 Å². The van der Waals surface area contributed by atoms with Crippen LogP contribution in [0.5, 0.6) is 5.75 Å². The van der Waals surface area contributed by atoms with Gasteiger partial charge in [-0.05, 0) is 67.6 Å². The Morgan fingerprint density at radius 2 is 1.70 bits per heavy atom. The number of phenolic OH excluding ortho intramolecular Hbond substituents is 1. The van der Waals surface area contributed by atoms with Crippen LogP contribution in [0, 0.1) is 6.92 Å². The average Bonchev–Trinajstić information content (AvgIpc) is 3.15. The summed E-state index contributed by atoms with van der Waals surface area (Å²) in [7, 11) is 0. The molecule has 0 saturated carbocycles. The Balaban J connectivity index is 1.53. The Bertz CT molecular complexity index is 1210. The van der Waals surface area contributed by atoms with Gasteiger partial charge in [0.2, 0.25) is 0 Å². The van der Waals surface area contributed by atoms with Gasteiger partial charge in [-0.25, -0.2) is 5.43 Å². The summed E-state index contributed by atoms with van der Waals surface area (Å²) in [4.78, 5) is 25.3. The molecule has 2 aromatic carbocycles. The van der Waals surface area contributed by atoms with Gasteiger partial charge in [0.1, 0.15) is 11.5 Å². The number of anilines is 1. The van der Waals surface area contributed by atoms with Crippen LogP contribution < -0.4 is 10.7 Å². The van der Waals surface area contributed by atoms with Crippen molar-refractivity contribution in [2.45, 2.75) is 46.0 Å². The van der Waals surface area contributed by atoms with E-state index in [1.165, 1.54) is 29.8 Å². The predicted molar refractivity (Wildman–Crippen MR) is 127 cm³/mol. The molecular weight excluding hydrogens is 418 g/mol. The Kier molecular flexibility index (Phi) is 6.31. The number of hydrazone groups is 1. The molecule has 0 atom stereocenters. The molecule has 3 aromatic rings. The zero-order valence-electron chi connectivity index (χ0n) is 18.9. The normalized spacial score (nSPS) is 14.2. The minimum absolute atomic E-state index is 0.0884. The maximum absolute atomic E-state index is 12.9. The van der Waals surface area contributed by atoms with E-state index < -0.39 is 0 Å². The van der Waals surface area contributed by atoms with E-state index in [1.807, 2.05) is 31.2 Å². The largest absolute Gasteiger partial charge is 0.508 e. The molecule has 0 bridgehead atoms. The van der Waals surface area contributed by atoms with E-state index in [-0.39, 0.29) is 23.3 Å². The number of benzene rings is 2. The van der Waals surface area contributed by atoms with Crippen molar-refractivity contribution in [1.29, 1.82) is 0 Å². The third kappa shape index (κ3) is 4.82. The number of aryl methyl sites for hydroxylation is 1. The van der Waals surface area contributed by atoms with Crippen molar-refractivity contribution in [2.75, 3.05) is 5.32 Å². The number of nitrogens with one attached hydrogen (secondary N) is 2. The summed E-state index contributed by atoms with van der Waals surface area (Å²) in [6, 6.07) is 13.7. The first-order valence-corrected chi connectivity index (χ1v) is 11.0. The van der Waals surface area contributed by atoms with Crippen molar-refractivity contribution in [3.8, 4) is 5.75 Å². The van der Waals surface area contributed by atoms with E-state index in [1.54, 1.807) is 0 Å². The molecule has 1 heterocycles. The first kappa shape index (κ1) is 22.3. The molecule has 0 saturated heterocycles. The lowest BCUT2D eigenvalue weighted by Gasteiger charge is -2.13. The van der Waals surface area contributed by atoms with Gasteiger partial charge >= 0.3 is 0 Å². The third-order valence-corrected chi connectivity index (χ3v) is 5.79. The maximum Gasteiger partial charge on any atom is 0.291 e. The highest BCUT2D eigenvalue weighted by Gasteiger charge is 2.28. The summed E-state index contributed by atoms with van der Waals surface area (Å²) < 4.78 is 5.93. The molecule has 7 heteroatoms. The van der Waals surface area contributed by atoms with Crippen LogP contribution in [-0.2, 0) is 6.42 Å². The van der Waals surface area contributed by atoms with E-state index >= 15 is 0 Å². The second-order valence-electron chi connectivity index (χ2n) is 8.49. The van der Waals surface area contributed by atoms with E-state index in [9.17, 15) is 14.7 Å². The molecule has 7 nitrogen and oxygen atoms in total. The number of rotatable bonds is 5.